The van der Waals surface area contributed by atoms with E-state index < -0.39 is 41.2 Å². The van der Waals surface area contributed by atoms with E-state index in [1.54, 1.807) is 0 Å². The summed E-state index contributed by atoms with van der Waals surface area (Å²) >= 11 is 5.62. The SMILES string of the molecule is CCC(NC(=O)C(C)n1nc(C(F)F)c(Cl)c1C(F)F)c1ccccc1. The second-order valence-corrected chi connectivity index (χ2v) is 6.06. The first-order valence-electron chi connectivity index (χ1n) is 7.97. The van der Waals surface area contributed by atoms with Crippen LogP contribution in [0.2, 0.25) is 5.02 Å². The minimum absolute atomic E-state index is 0.346. The maximum Gasteiger partial charge on any atom is 0.283 e. The molecule has 1 N–H and O–H groups in total. The van der Waals surface area contributed by atoms with E-state index in [-0.39, 0.29) is 6.04 Å². The zero-order valence-electron chi connectivity index (χ0n) is 14.1. The van der Waals surface area contributed by atoms with Gasteiger partial charge in [0.25, 0.3) is 12.9 Å². The normalized spacial score (nSPS) is 13.9. The summed E-state index contributed by atoms with van der Waals surface area (Å²) in [5.74, 6) is -0.623. The second kappa shape index (κ2) is 8.53. The molecule has 1 heterocycles. The Hall–Kier alpha value is -2.09. The lowest BCUT2D eigenvalue weighted by Gasteiger charge is -2.21. The molecule has 0 spiro atoms. The van der Waals surface area contributed by atoms with Gasteiger partial charge in [0, 0.05) is 0 Å². The molecule has 0 aliphatic heterocycles. The van der Waals surface area contributed by atoms with Crippen LogP contribution in [0.15, 0.2) is 30.3 Å². The molecule has 0 radical (unpaired) electrons. The van der Waals surface area contributed by atoms with Crippen molar-refractivity contribution >= 4 is 17.5 Å². The predicted octanol–water partition coefficient (Wildman–Crippen LogP) is 5.24. The molecule has 2 atom stereocenters. The number of nitrogens with zero attached hydrogens (tertiary/aromatic N) is 2. The summed E-state index contributed by atoms with van der Waals surface area (Å²) in [5, 5.41) is 5.37. The topological polar surface area (TPSA) is 46.9 Å². The molecule has 0 fully saturated rings. The Morgan fingerprint density at radius 1 is 1.19 bits per heavy atom. The Morgan fingerprint density at radius 3 is 2.31 bits per heavy atom. The van der Waals surface area contributed by atoms with E-state index in [2.05, 4.69) is 10.4 Å². The largest absolute Gasteiger partial charge is 0.347 e. The molecule has 0 bridgehead atoms. The summed E-state index contributed by atoms with van der Waals surface area (Å²) in [6.07, 6.45) is -5.70. The molecule has 1 aromatic carbocycles. The zero-order chi connectivity index (χ0) is 19.4. The fourth-order valence-electron chi connectivity index (χ4n) is 2.59. The van der Waals surface area contributed by atoms with E-state index in [9.17, 15) is 22.4 Å². The van der Waals surface area contributed by atoms with Gasteiger partial charge >= 0.3 is 0 Å². The fourth-order valence-corrected chi connectivity index (χ4v) is 2.88. The number of aromatic nitrogens is 2. The molecule has 2 rings (SSSR count). The molecule has 2 aromatic rings. The van der Waals surface area contributed by atoms with Crippen LogP contribution >= 0.6 is 11.6 Å². The number of nitrogens with one attached hydrogen (secondary N) is 1. The van der Waals surface area contributed by atoms with Gasteiger partial charge in [-0.1, -0.05) is 48.9 Å². The lowest BCUT2D eigenvalue weighted by atomic mass is 10.0. The smallest absolute Gasteiger partial charge is 0.283 e. The summed E-state index contributed by atoms with van der Waals surface area (Å²) in [5.41, 5.74) is -1.01. The van der Waals surface area contributed by atoms with Crippen molar-refractivity contribution in [3.63, 3.8) is 0 Å². The highest BCUT2D eigenvalue weighted by Gasteiger charge is 2.32. The van der Waals surface area contributed by atoms with Gasteiger partial charge in [0.15, 0.2) is 0 Å². The van der Waals surface area contributed by atoms with E-state index in [4.69, 9.17) is 11.6 Å². The molecule has 26 heavy (non-hydrogen) atoms. The van der Waals surface area contributed by atoms with E-state index >= 15 is 0 Å². The predicted molar refractivity (Wildman–Crippen MR) is 89.5 cm³/mol. The molecule has 142 valence electrons. The Balaban J connectivity index is 2.29. The highest BCUT2D eigenvalue weighted by Crippen LogP contribution is 2.36. The molecule has 2 unspecified atom stereocenters. The van der Waals surface area contributed by atoms with Crippen molar-refractivity contribution in [2.24, 2.45) is 0 Å². The molecule has 9 heteroatoms. The number of benzene rings is 1. The van der Waals surface area contributed by atoms with E-state index in [0.29, 0.717) is 11.1 Å². The second-order valence-electron chi connectivity index (χ2n) is 5.69. The first kappa shape index (κ1) is 20.2. The first-order valence-corrected chi connectivity index (χ1v) is 8.35. The summed E-state index contributed by atoms with van der Waals surface area (Å²) in [6, 6.07) is 7.51. The van der Waals surface area contributed by atoms with E-state index in [1.165, 1.54) is 6.92 Å². The Morgan fingerprint density at radius 2 is 1.81 bits per heavy atom. The molecule has 0 aliphatic carbocycles. The van der Waals surface area contributed by atoms with Crippen LogP contribution in [0, 0.1) is 0 Å². The quantitative estimate of drug-likeness (QED) is 0.656. The number of hydrogen-bond donors (Lipinski definition) is 1. The number of alkyl halides is 4. The van der Waals surface area contributed by atoms with Crippen molar-refractivity contribution in [2.45, 2.75) is 45.2 Å². The van der Waals surface area contributed by atoms with Crippen LogP contribution in [-0.2, 0) is 4.79 Å². The number of carbonyl (C=O) groups excluding carboxylic acids is 1. The van der Waals surface area contributed by atoms with Gasteiger partial charge in [0.2, 0.25) is 5.91 Å². The maximum absolute atomic E-state index is 13.3. The Bertz CT molecular complexity index is 752. The van der Waals surface area contributed by atoms with Gasteiger partial charge < -0.3 is 5.32 Å². The van der Waals surface area contributed by atoms with Crippen LogP contribution in [0.1, 0.15) is 62.2 Å². The third-order valence-corrected chi connectivity index (χ3v) is 4.39. The monoisotopic (exact) mass is 391 g/mol. The molecular formula is C17H18ClF4N3O. The van der Waals surface area contributed by atoms with Crippen molar-refractivity contribution in [3.05, 3.63) is 52.3 Å². The minimum Gasteiger partial charge on any atom is -0.347 e. The van der Waals surface area contributed by atoms with Crippen LogP contribution in [0.4, 0.5) is 17.6 Å². The lowest BCUT2D eigenvalue weighted by molar-refractivity contribution is -0.125. The standard InChI is InChI=1S/C17H18ClF4N3O/c1-3-11(10-7-5-4-6-8-10)23-17(26)9(2)25-14(16(21)22)12(18)13(24-25)15(19)20/h4-9,11,15-16H,3H2,1-2H3,(H,23,26). The number of hydrogen-bond acceptors (Lipinski definition) is 2. The number of halogens is 5. The zero-order valence-corrected chi connectivity index (χ0v) is 14.9. The van der Waals surface area contributed by atoms with Crippen molar-refractivity contribution < 1.29 is 22.4 Å². The van der Waals surface area contributed by atoms with Gasteiger partial charge in [-0.15, -0.1) is 0 Å². The van der Waals surface area contributed by atoms with Gasteiger partial charge in [-0.25, -0.2) is 22.2 Å². The van der Waals surface area contributed by atoms with Crippen LogP contribution in [0.5, 0.6) is 0 Å². The first-order chi connectivity index (χ1) is 12.3. The van der Waals surface area contributed by atoms with Crippen molar-refractivity contribution in [1.82, 2.24) is 15.1 Å². The minimum atomic E-state index is -3.14. The van der Waals surface area contributed by atoms with E-state index in [0.717, 1.165) is 5.56 Å². The summed E-state index contributed by atoms with van der Waals surface area (Å²) in [7, 11) is 0. The van der Waals surface area contributed by atoms with Gasteiger partial charge in [0.1, 0.15) is 17.4 Å². The van der Waals surface area contributed by atoms with Crippen LogP contribution < -0.4 is 5.32 Å². The average Bonchev–Trinajstić information content (AvgIpc) is 2.97. The molecule has 4 nitrogen and oxygen atoms in total. The lowest BCUT2D eigenvalue weighted by Crippen LogP contribution is -2.35. The Kier molecular flexibility index (Phi) is 6.63. The van der Waals surface area contributed by atoms with Crippen LogP contribution in [0.3, 0.4) is 0 Å². The Labute approximate surface area is 153 Å². The highest BCUT2D eigenvalue weighted by atomic mass is 35.5. The van der Waals surface area contributed by atoms with Gasteiger partial charge in [-0.05, 0) is 18.9 Å². The summed E-state index contributed by atoms with van der Waals surface area (Å²) in [6.45, 7) is 3.16. The van der Waals surface area contributed by atoms with Crippen molar-refractivity contribution in [3.8, 4) is 0 Å². The molecular weight excluding hydrogens is 374 g/mol. The molecule has 0 saturated carbocycles. The molecule has 0 saturated heterocycles. The van der Waals surface area contributed by atoms with Crippen LogP contribution in [-0.4, -0.2) is 15.7 Å². The molecule has 1 aromatic heterocycles. The van der Waals surface area contributed by atoms with Gasteiger partial charge in [0.05, 0.1) is 11.1 Å². The highest BCUT2D eigenvalue weighted by molar-refractivity contribution is 6.32. The van der Waals surface area contributed by atoms with E-state index in [1.807, 2.05) is 37.3 Å². The average molecular weight is 392 g/mol. The summed E-state index contributed by atoms with van der Waals surface area (Å²) < 4.78 is 53.0. The van der Waals surface area contributed by atoms with Gasteiger partial charge in [-0.2, -0.15) is 5.10 Å². The molecule has 1 amide bonds. The third-order valence-electron chi connectivity index (χ3n) is 4.00. The van der Waals surface area contributed by atoms with Gasteiger partial charge in [-0.3, -0.25) is 4.79 Å². The molecule has 0 aliphatic rings. The van der Waals surface area contributed by atoms with Crippen LogP contribution in [0.25, 0.3) is 0 Å². The van der Waals surface area contributed by atoms with Crippen molar-refractivity contribution in [2.75, 3.05) is 0 Å². The fraction of sp³-hybridized carbons (Fsp3) is 0.412. The number of rotatable bonds is 7. The number of carbonyl (C=O) groups is 1. The maximum atomic E-state index is 13.3. The summed E-state index contributed by atoms with van der Waals surface area (Å²) in [4.78, 5) is 12.5. The third kappa shape index (κ3) is 4.17. The number of amides is 1. The van der Waals surface area contributed by atoms with Crippen molar-refractivity contribution in [1.29, 1.82) is 0 Å².